The maximum Gasteiger partial charge on any atom is 0.337 e. The molecule has 2 fully saturated rings. The number of nitrogen functional groups attached to an aromatic ring is 1. The van der Waals surface area contributed by atoms with Crippen molar-refractivity contribution in [1.82, 2.24) is 4.98 Å². The first-order chi connectivity index (χ1) is 8.65. The standard InChI is InChI=1S/C13H17N3O2/c14-11-9(13(17)18)3-4-15-12(11)16-10-6-7-1-2-8(10)5-7/h3-4,7-8,10H,1-2,5-6,14H2,(H,15,16)(H,17,18). The van der Waals surface area contributed by atoms with Crippen LogP contribution in [0.5, 0.6) is 0 Å². The molecule has 3 unspecified atom stereocenters. The number of pyridine rings is 1. The zero-order chi connectivity index (χ0) is 12.7. The van der Waals surface area contributed by atoms with Gasteiger partial charge in [-0.3, -0.25) is 0 Å². The Labute approximate surface area is 105 Å². The SMILES string of the molecule is Nc1c(C(=O)O)ccnc1NC1CC2CCC1C2. The lowest BCUT2D eigenvalue weighted by Gasteiger charge is -2.24. The van der Waals surface area contributed by atoms with Crippen molar-refractivity contribution in [3.8, 4) is 0 Å². The number of aromatic nitrogens is 1. The zero-order valence-corrected chi connectivity index (χ0v) is 10.1. The van der Waals surface area contributed by atoms with E-state index in [1.807, 2.05) is 0 Å². The maximum atomic E-state index is 11.0. The molecule has 0 aromatic carbocycles. The number of fused-ring (bicyclic) bond motifs is 2. The Balaban J connectivity index is 1.81. The lowest BCUT2D eigenvalue weighted by molar-refractivity contribution is 0.0698. The lowest BCUT2D eigenvalue weighted by atomic mass is 9.95. The number of carbonyl (C=O) groups is 1. The minimum atomic E-state index is -1.01. The van der Waals surface area contributed by atoms with Gasteiger partial charge in [-0.2, -0.15) is 0 Å². The Morgan fingerprint density at radius 1 is 1.44 bits per heavy atom. The molecule has 0 radical (unpaired) electrons. The quantitative estimate of drug-likeness (QED) is 0.760. The predicted octanol–water partition coefficient (Wildman–Crippen LogP) is 1.96. The van der Waals surface area contributed by atoms with Crippen LogP contribution in [-0.2, 0) is 0 Å². The van der Waals surface area contributed by atoms with Crippen molar-refractivity contribution in [3.63, 3.8) is 0 Å². The summed E-state index contributed by atoms with van der Waals surface area (Å²) in [7, 11) is 0. The minimum absolute atomic E-state index is 0.121. The van der Waals surface area contributed by atoms with Crippen LogP contribution in [0.2, 0.25) is 0 Å². The minimum Gasteiger partial charge on any atom is -0.478 e. The van der Waals surface area contributed by atoms with Crippen LogP contribution in [0, 0.1) is 11.8 Å². The summed E-state index contributed by atoms with van der Waals surface area (Å²) < 4.78 is 0. The summed E-state index contributed by atoms with van der Waals surface area (Å²) in [6.45, 7) is 0. The molecule has 96 valence electrons. The van der Waals surface area contributed by atoms with Gasteiger partial charge in [0.15, 0.2) is 0 Å². The molecule has 18 heavy (non-hydrogen) atoms. The number of nitrogens with two attached hydrogens (primary N) is 1. The fraction of sp³-hybridized carbons (Fsp3) is 0.538. The Morgan fingerprint density at radius 2 is 2.28 bits per heavy atom. The van der Waals surface area contributed by atoms with Crippen LogP contribution in [0.1, 0.15) is 36.0 Å². The smallest absolute Gasteiger partial charge is 0.337 e. The molecule has 2 saturated carbocycles. The van der Waals surface area contributed by atoms with Crippen LogP contribution in [0.15, 0.2) is 12.3 Å². The number of aromatic carboxylic acids is 1. The number of anilines is 2. The van der Waals surface area contributed by atoms with Gasteiger partial charge in [0, 0.05) is 12.2 Å². The average molecular weight is 247 g/mol. The van der Waals surface area contributed by atoms with E-state index in [4.69, 9.17) is 10.8 Å². The maximum absolute atomic E-state index is 11.0. The van der Waals surface area contributed by atoms with Gasteiger partial charge in [-0.05, 0) is 37.2 Å². The fourth-order valence-electron chi connectivity index (χ4n) is 3.37. The highest BCUT2D eigenvalue weighted by Crippen LogP contribution is 2.45. The summed E-state index contributed by atoms with van der Waals surface area (Å²) in [4.78, 5) is 15.2. The Hall–Kier alpha value is -1.78. The fourth-order valence-corrected chi connectivity index (χ4v) is 3.37. The van der Waals surface area contributed by atoms with Crippen molar-refractivity contribution >= 4 is 17.5 Å². The number of hydrogen-bond acceptors (Lipinski definition) is 4. The van der Waals surface area contributed by atoms with E-state index in [1.54, 1.807) is 0 Å². The van der Waals surface area contributed by atoms with Gasteiger partial charge in [0.1, 0.15) is 5.82 Å². The van der Waals surface area contributed by atoms with Gasteiger partial charge in [-0.1, -0.05) is 6.42 Å². The molecule has 3 atom stereocenters. The van der Waals surface area contributed by atoms with Gasteiger partial charge in [-0.15, -0.1) is 0 Å². The van der Waals surface area contributed by atoms with E-state index in [9.17, 15) is 4.79 Å². The summed E-state index contributed by atoms with van der Waals surface area (Å²) in [6.07, 6.45) is 6.54. The highest BCUT2D eigenvalue weighted by atomic mass is 16.4. The third-order valence-corrected chi connectivity index (χ3v) is 4.28. The number of rotatable bonds is 3. The van der Waals surface area contributed by atoms with Crippen molar-refractivity contribution in [3.05, 3.63) is 17.8 Å². The lowest BCUT2D eigenvalue weighted by Crippen LogP contribution is -2.27. The highest BCUT2D eigenvalue weighted by molar-refractivity contribution is 5.96. The molecule has 1 aromatic heterocycles. The Kier molecular flexibility index (Phi) is 2.61. The normalized spacial score (nSPS) is 29.4. The van der Waals surface area contributed by atoms with Crippen LogP contribution in [0.4, 0.5) is 11.5 Å². The molecule has 0 saturated heterocycles. The summed E-state index contributed by atoms with van der Waals surface area (Å²) in [5.74, 6) is 1.04. The van der Waals surface area contributed by atoms with Gasteiger partial charge >= 0.3 is 5.97 Å². The molecule has 2 aliphatic carbocycles. The van der Waals surface area contributed by atoms with Crippen molar-refractivity contribution in [2.75, 3.05) is 11.1 Å². The van der Waals surface area contributed by atoms with Crippen LogP contribution in [-0.4, -0.2) is 22.1 Å². The topological polar surface area (TPSA) is 88.2 Å². The summed E-state index contributed by atoms with van der Waals surface area (Å²) in [6, 6.07) is 1.84. The molecule has 5 heteroatoms. The molecule has 0 spiro atoms. The number of carboxylic acids is 1. The number of carboxylic acid groups (broad SMARTS) is 1. The van der Waals surface area contributed by atoms with Crippen molar-refractivity contribution < 1.29 is 9.90 Å². The van der Waals surface area contributed by atoms with Crippen LogP contribution < -0.4 is 11.1 Å². The van der Waals surface area contributed by atoms with E-state index < -0.39 is 5.97 Å². The van der Waals surface area contributed by atoms with Crippen molar-refractivity contribution in [2.24, 2.45) is 11.8 Å². The molecule has 5 nitrogen and oxygen atoms in total. The Bertz CT molecular complexity index is 489. The first kappa shape index (κ1) is 11.3. The van der Waals surface area contributed by atoms with Gasteiger partial charge in [0.2, 0.25) is 0 Å². The van der Waals surface area contributed by atoms with Gasteiger partial charge in [0.05, 0.1) is 11.3 Å². The van der Waals surface area contributed by atoms with E-state index >= 15 is 0 Å². The second-order valence-electron chi connectivity index (χ2n) is 5.35. The Morgan fingerprint density at radius 3 is 2.89 bits per heavy atom. The number of hydrogen-bond donors (Lipinski definition) is 3. The second-order valence-corrected chi connectivity index (χ2v) is 5.35. The highest BCUT2D eigenvalue weighted by Gasteiger charge is 2.39. The van der Waals surface area contributed by atoms with Gasteiger partial charge in [0.25, 0.3) is 0 Å². The summed E-state index contributed by atoms with van der Waals surface area (Å²) in [5.41, 5.74) is 6.22. The van der Waals surface area contributed by atoms with E-state index in [-0.39, 0.29) is 11.3 Å². The molecule has 1 heterocycles. The van der Waals surface area contributed by atoms with E-state index in [2.05, 4.69) is 10.3 Å². The van der Waals surface area contributed by atoms with Crippen LogP contribution in [0.3, 0.4) is 0 Å². The second kappa shape index (κ2) is 4.15. The average Bonchev–Trinajstić information content (AvgIpc) is 2.93. The zero-order valence-electron chi connectivity index (χ0n) is 10.1. The molecule has 3 rings (SSSR count). The number of nitrogens with zero attached hydrogens (tertiary/aromatic N) is 1. The molecular formula is C13H17N3O2. The van der Waals surface area contributed by atoms with Crippen molar-refractivity contribution in [2.45, 2.75) is 31.7 Å². The third kappa shape index (κ3) is 1.79. The van der Waals surface area contributed by atoms with Crippen LogP contribution in [0.25, 0.3) is 0 Å². The predicted molar refractivity (Wildman–Crippen MR) is 68.5 cm³/mol. The largest absolute Gasteiger partial charge is 0.478 e. The first-order valence-electron chi connectivity index (χ1n) is 6.39. The van der Waals surface area contributed by atoms with Crippen molar-refractivity contribution in [1.29, 1.82) is 0 Å². The third-order valence-electron chi connectivity index (χ3n) is 4.28. The van der Waals surface area contributed by atoms with Gasteiger partial charge < -0.3 is 16.2 Å². The van der Waals surface area contributed by atoms with Crippen LogP contribution >= 0.6 is 0 Å². The molecule has 1 aromatic rings. The van der Waals surface area contributed by atoms with E-state index in [0.717, 1.165) is 12.3 Å². The monoisotopic (exact) mass is 247 g/mol. The first-order valence-corrected chi connectivity index (χ1v) is 6.39. The molecule has 0 amide bonds. The molecular weight excluding hydrogens is 230 g/mol. The van der Waals surface area contributed by atoms with Gasteiger partial charge in [-0.25, -0.2) is 9.78 Å². The van der Waals surface area contributed by atoms with E-state index in [1.165, 1.54) is 31.5 Å². The molecule has 2 bridgehead atoms. The number of nitrogens with one attached hydrogen (secondary N) is 1. The summed E-state index contributed by atoms with van der Waals surface area (Å²) in [5, 5.41) is 12.4. The molecule has 2 aliphatic rings. The molecule has 0 aliphatic heterocycles. The van der Waals surface area contributed by atoms with E-state index in [0.29, 0.717) is 17.8 Å². The summed E-state index contributed by atoms with van der Waals surface area (Å²) >= 11 is 0. The molecule has 4 N–H and O–H groups in total.